The highest BCUT2D eigenvalue weighted by atomic mass is 16.3. The molecule has 9 aromatic rings. The maximum Gasteiger partial charge on any atom is 0.160 e. The predicted octanol–water partition coefficient (Wildman–Crippen LogP) is 13.6. The molecule has 0 fully saturated rings. The summed E-state index contributed by atoms with van der Waals surface area (Å²) < 4.78 is 13.2. The number of benzene rings is 7. The minimum absolute atomic E-state index is 0.0218. The van der Waals surface area contributed by atoms with Crippen LogP contribution in [0, 0.1) is 5.92 Å². The average Bonchev–Trinajstić information content (AvgIpc) is 3.97. The van der Waals surface area contributed by atoms with E-state index in [-0.39, 0.29) is 12.1 Å². The van der Waals surface area contributed by atoms with Gasteiger partial charge in [0.1, 0.15) is 22.9 Å². The van der Waals surface area contributed by atoms with Crippen LogP contribution in [0.3, 0.4) is 0 Å². The van der Waals surface area contributed by atoms with Crippen LogP contribution in [0.25, 0.3) is 61.1 Å². The van der Waals surface area contributed by atoms with E-state index in [1.165, 1.54) is 5.56 Å². The van der Waals surface area contributed by atoms with Gasteiger partial charge in [0.25, 0.3) is 0 Å². The van der Waals surface area contributed by atoms with Crippen molar-refractivity contribution >= 4 is 67.2 Å². The van der Waals surface area contributed by atoms with E-state index in [0.717, 1.165) is 107 Å². The van der Waals surface area contributed by atoms with Crippen molar-refractivity contribution in [2.75, 3.05) is 10.2 Å². The average molecular weight is 749 g/mol. The zero-order valence-corrected chi connectivity index (χ0v) is 31.7. The highest BCUT2D eigenvalue weighted by Gasteiger charge is 2.40. The number of hydrogen-bond donors (Lipinski definition) is 1. The Hall–Kier alpha value is -7.44. The van der Waals surface area contributed by atoms with Crippen molar-refractivity contribution in [3.8, 4) is 22.5 Å². The standard InChI is InChI=1S/C52H36N4O2/c1-31-20-24-42(32-12-4-2-5-13-32)53-51(55-48(31)33-14-6-3-7-15-33)36-23-27-46-40(30-36)39-28-34(21-25-45(39)57-46)35-22-26-47-41(29-35)49-50(58-47)37-16-8-9-17-38(37)52-54-43-18-10-11-19-44(43)56(49)52/h2-19,21-31,52,54H,20H2,1H3/b42-24+,53-51-,55-48+. The molecule has 0 bridgehead atoms. The summed E-state index contributed by atoms with van der Waals surface area (Å²) in [7, 11) is 0. The molecule has 6 nitrogen and oxygen atoms in total. The van der Waals surface area contributed by atoms with Gasteiger partial charge in [-0.15, -0.1) is 0 Å². The second-order valence-corrected chi connectivity index (χ2v) is 15.4. The van der Waals surface area contributed by atoms with E-state index < -0.39 is 0 Å². The molecular weight excluding hydrogens is 713 g/mol. The molecule has 7 aromatic carbocycles. The number of rotatable bonds is 4. The molecule has 2 aromatic heterocycles. The zero-order valence-electron chi connectivity index (χ0n) is 31.7. The number of hydrogen-bond acceptors (Lipinski definition) is 6. The normalized spacial score (nSPS) is 19.7. The summed E-state index contributed by atoms with van der Waals surface area (Å²) in [6.07, 6.45) is 3.07. The van der Waals surface area contributed by atoms with Crippen LogP contribution in [0.15, 0.2) is 189 Å². The highest BCUT2D eigenvalue weighted by molar-refractivity contribution is 6.17. The van der Waals surface area contributed by atoms with Crippen molar-refractivity contribution in [1.82, 2.24) is 0 Å². The van der Waals surface area contributed by atoms with Crippen molar-refractivity contribution in [2.24, 2.45) is 15.9 Å². The Morgan fingerprint density at radius 1 is 0.569 bits per heavy atom. The smallest absolute Gasteiger partial charge is 0.160 e. The number of furan rings is 2. The van der Waals surface area contributed by atoms with Gasteiger partial charge >= 0.3 is 0 Å². The monoisotopic (exact) mass is 748 g/mol. The van der Waals surface area contributed by atoms with Crippen LogP contribution < -0.4 is 10.2 Å². The van der Waals surface area contributed by atoms with Crippen molar-refractivity contribution in [1.29, 1.82) is 0 Å². The van der Waals surface area contributed by atoms with E-state index in [0.29, 0.717) is 5.84 Å². The molecule has 0 saturated heterocycles. The maximum atomic E-state index is 6.70. The number of anilines is 3. The Kier molecular flexibility index (Phi) is 7.23. The topological polar surface area (TPSA) is 66.3 Å². The van der Waals surface area contributed by atoms with E-state index in [2.05, 4.69) is 175 Å². The number of nitrogens with zero attached hydrogens (tertiary/aromatic N) is 3. The van der Waals surface area contributed by atoms with E-state index in [4.69, 9.17) is 18.8 Å². The molecule has 58 heavy (non-hydrogen) atoms. The molecular formula is C52H36N4O2. The third kappa shape index (κ3) is 5.11. The van der Waals surface area contributed by atoms with Gasteiger partial charge in [-0.2, -0.15) is 0 Å². The lowest BCUT2D eigenvalue weighted by Crippen LogP contribution is -2.27. The lowest BCUT2D eigenvalue weighted by atomic mass is 9.93. The Morgan fingerprint density at radius 2 is 1.19 bits per heavy atom. The van der Waals surface area contributed by atoms with Gasteiger partial charge in [-0.05, 0) is 83.3 Å². The third-order valence-electron chi connectivity index (χ3n) is 11.9. The van der Waals surface area contributed by atoms with Crippen LogP contribution in [-0.2, 0) is 0 Å². The zero-order chi connectivity index (χ0) is 38.3. The molecule has 2 unspecified atom stereocenters. The number of allylic oxidation sites excluding steroid dienone is 1. The van der Waals surface area contributed by atoms with Gasteiger partial charge in [-0.25, -0.2) is 9.98 Å². The van der Waals surface area contributed by atoms with Crippen molar-refractivity contribution < 1.29 is 8.83 Å². The van der Waals surface area contributed by atoms with E-state index in [1.807, 2.05) is 12.1 Å². The largest absolute Gasteiger partial charge is 0.456 e. The summed E-state index contributed by atoms with van der Waals surface area (Å²) >= 11 is 0. The first-order chi connectivity index (χ1) is 28.6. The molecule has 5 heterocycles. The van der Waals surface area contributed by atoms with E-state index in [9.17, 15) is 0 Å². The fraction of sp³-hybridized carbons (Fsp3) is 0.0769. The van der Waals surface area contributed by atoms with Crippen molar-refractivity contribution in [3.63, 3.8) is 0 Å². The molecule has 0 spiro atoms. The van der Waals surface area contributed by atoms with Gasteiger partial charge in [-0.1, -0.05) is 122 Å². The fourth-order valence-electron chi connectivity index (χ4n) is 9.03. The Morgan fingerprint density at radius 3 is 1.97 bits per heavy atom. The molecule has 0 radical (unpaired) electrons. The number of amidine groups is 1. The predicted molar refractivity (Wildman–Crippen MR) is 237 cm³/mol. The van der Waals surface area contributed by atoms with Gasteiger partial charge < -0.3 is 19.1 Å². The number of fused-ring (bicyclic) bond motifs is 13. The van der Waals surface area contributed by atoms with Crippen molar-refractivity contribution in [2.45, 2.75) is 19.5 Å². The molecule has 0 aliphatic carbocycles. The summed E-state index contributed by atoms with van der Waals surface area (Å²) in [5.41, 5.74) is 15.5. The molecule has 12 rings (SSSR count). The SMILES string of the molecule is CC1C/C=C(c2ccccc2)/N=C(c2ccc3oc4ccc(-c5ccc6oc7c(c6c5)N5c6ccccc6NC5c5ccccc5-7)cc4c3c2)\N=C/1c1ccccc1. The van der Waals surface area contributed by atoms with Crippen LogP contribution in [0.1, 0.15) is 41.8 Å². The second-order valence-electron chi connectivity index (χ2n) is 15.4. The number of nitrogens with one attached hydrogen (secondary N) is 1. The van der Waals surface area contributed by atoms with Gasteiger partial charge in [-0.3, -0.25) is 0 Å². The minimum Gasteiger partial charge on any atom is -0.456 e. The first-order valence-corrected chi connectivity index (χ1v) is 19.9. The third-order valence-corrected chi connectivity index (χ3v) is 11.9. The molecule has 6 heteroatoms. The quantitative estimate of drug-likeness (QED) is 0.195. The summed E-state index contributed by atoms with van der Waals surface area (Å²) in [6, 6.07) is 57.3. The Balaban J connectivity index is 0.997. The van der Waals surface area contributed by atoms with Gasteiger partial charge in [0.2, 0.25) is 0 Å². The molecule has 0 saturated carbocycles. The van der Waals surface area contributed by atoms with E-state index in [1.54, 1.807) is 0 Å². The van der Waals surface area contributed by atoms with Crippen LogP contribution in [-0.4, -0.2) is 11.5 Å². The summed E-state index contributed by atoms with van der Waals surface area (Å²) in [4.78, 5) is 13.0. The molecule has 0 amide bonds. The Labute approximate surface area is 335 Å². The second kappa shape index (κ2) is 12.8. The molecule has 276 valence electrons. The minimum atomic E-state index is -0.0218. The summed E-state index contributed by atoms with van der Waals surface area (Å²) in [6.45, 7) is 2.25. The molecule has 1 N–H and O–H groups in total. The molecule has 2 atom stereocenters. The highest BCUT2D eigenvalue weighted by Crippen LogP contribution is 2.57. The van der Waals surface area contributed by atoms with Crippen LogP contribution in [0.4, 0.5) is 17.1 Å². The fourth-order valence-corrected chi connectivity index (χ4v) is 9.03. The van der Waals surface area contributed by atoms with Gasteiger partial charge in [0.05, 0.1) is 28.5 Å². The number of para-hydroxylation sites is 2. The van der Waals surface area contributed by atoms with Crippen LogP contribution in [0.5, 0.6) is 0 Å². The maximum absolute atomic E-state index is 6.70. The lowest BCUT2D eigenvalue weighted by molar-refractivity contribution is 0.622. The first-order valence-electron chi connectivity index (χ1n) is 19.9. The summed E-state index contributed by atoms with van der Waals surface area (Å²) in [5.74, 6) is 1.78. The van der Waals surface area contributed by atoms with Gasteiger partial charge in [0, 0.05) is 38.8 Å². The first kappa shape index (κ1) is 32.8. The van der Waals surface area contributed by atoms with Gasteiger partial charge in [0.15, 0.2) is 11.6 Å². The Bertz CT molecular complexity index is 3210. The van der Waals surface area contributed by atoms with E-state index >= 15 is 0 Å². The van der Waals surface area contributed by atoms with Crippen molar-refractivity contribution in [3.05, 3.63) is 192 Å². The van der Waals surface area contributed by atoms with Crippen LogP contribution in [0.2, 0.25) is 0 Å². The lowest BCUT2D eigenvalue weighted by Gasteiger charge is -2.32. The summed E-state index contributed by atoms with van der Waals surface area (Å²) in [5, 5.41) is 6.93. The molecule has 3 aliphatic rings. The molecule has 3 aliphatic heterocycles. The number of aliphatic imine (C=N–C) groups is 2. The van der Waals surface area contributed by atoms with Crippen LogP contribution >= 0.6 is 0 Å².